The Balaban J connectivity index is 1.88. The average Bonchev–Trinajstić information content (AvgIpc) is 2.78. The SMILES string of the molecule is CCS(C)(=O)=Nc1ccc(-c2nccnc2[C@H](C)NC(=O)c2cc(Cl)cc(C(F)(F)F)c2)nc1. The quantitative estimate of drug-likeness (QED) is 0.474. The molecule has 180 valence electrons. The number of hydrogen-bond donors (Lipinski definition) is 1. The lowest BCUT2D eigenvalue weighted by atomic mass is 10.1. The van der Waals surface area contributed by atoms with E-state index in [2.05, 4.69) is 24.6 Å². The maximum atomic E-state index is 13.1. The number of nitrogens with one attached hydrogen (secondary N) is 1. The second-order valence-corrected chi connectivity index (χ2v) is 10.6. The molecule has 12 heteroatoms. The molecule has 1 N–H and O–H groups in total. The van der Waals surface area contributed by atoms with Gasteiger partial charge >= 0.3 is 6.18 Å². The lowest BCUT2D eigenvalue weighted by Gasteiger charge is -2.17. The van der Waals surface area contributed by atoms with Crippen LogP contribution in [0.5, 0.6) is 0 Å². The van der Waals surface area contributed by atoms with Gasteiger partial charge in [0, 0.05) is 44.7 Å². The fourth-order valence-electron chi connectivity index (χ4n) is 2.96. The minimum atomic E-state index is -4.64. The van der Waals surface area contributed by atoms with Crippen molar-refractivity contribution >= 4 is 32.9 Å². The van der Waals surface area contributed by atoms with Crippen molar-refractivity contribution < 1.29 is 22.2 Å². The summed E-state index contributed by atoms with van der Waals surface area (Å²) in [7, 11) is -2.35. The zero-order chi connectivity index (χ0) is 25.1. The maximum Gasteiger partial charge on any atom is 0.416 e. The van der Waals surface area contributed by atoms with Gasteiger partial charge in [-0.2, -0.15) is 17.5 Å². The predicted octanol–water partition coefficient (Wildman–Crippen LogP) is 5.45. The second-order valence-electron chi connectivity index (χ2n) is 7.45. The summed E-state index contributed by atoms with van der Waals surface area (Å²) < 4.78 is 55.6. The van der Waals surface area contributed by atoms with Gasteiger partial charge in [0.05, 0.1) is 34.9 Å². The van der Waals surface area contributed by atoms with Crippen molar-refractivity contribution in [3.8, 4) is 11.4 Å². The van der Waals surface area contributed by atoms with E-state index in [1.54, 1.807) is 32.2 Å². The van der Waals surface area contributed by atoms with Crippen LogP contribution in [-0.2, 0) is 15.9 Å². The summed E-state index contributed by atoms with van der Waals surface area (Å²) in [6, 6.07) is 5.21. The lowest BCUT2D eigenvalue weighted by Crippen LogP contribution is -2.28. The van der Waals surface area contributed by atoms with Crippen LogP contribution in [0.4, 0.5) is 18.9 Å². The molecule has 2 aromatic heterocycles. The lowest BCUT2D eigenvalue weighted by molar-refractivity contribution is -0.137. The first-order chi connectivity index (χ1) is 15.9. The molecule has 0 radical (unpaired) electrons. The summed E-state index contributed by atoms with van der Waals surface area (Å²) in [5.74, 6) is -0.353. The largest absolute Gasteiger partial charge is 0.416 e. The summed E-state index contributed by atoms with van der Waals surface area (Å²) in [5.41, 5.74) is 0.360. The van der Waals surface area contributed by atoms with Crippen molar-refractivity contribution in [2.75, 3.05) is 12.0 Å². The molecule has 34 heavy (non-hydrogen) atoms. The number of aromatic nitrogens is 3. The molecule has 3 aromatic rings. The number of amides is 1. The van der Waals surface area contributed by atoms with E-state index in [0.29, 0.717) is 28.5 Å². The van der Waals surface area contributed by atoms with Crippen LogP contribution in [0, 0.1) is 0 Å². The highest BCUT2D eigenvalue weighted by atomic mass is 35.5. The molecule has 2 atom stereocenters. The average molecular weight is 512 g/mol. The molecule has 0 aliphatic rings. The van der Waals surface area contributed by atoms with Crippen LogP contribution in [-0.4, -0.2) is 37.1 Å². The Labute approximate surface area is 200 Å². The van der Waals surface area contributed by atoms with Crippen molar-refractivity contribution in [1.29, 1.82) is 0 Å². The van der Waals surface area contributed by atoms with Crippen LogP contribution in [0.3, 0.4) is 0 Å². The molecular formula is C22H21ClF3N5O2S. The van der Waals surface area contributed by atoms with E-state index in [0.717, 1.165) is 18.2 Å². The van der Waals surface area contributed by atoms with Gasteiger partial charge in [-0.1, -0.05) is 18.5 Å². The molecule has 0 bridgehead atoms. The maximum absolute atomic E-state index is 13.1. The van der Waals surface area contributed by atoms with Crippen LogP contribution in [0.1, 0.15) is 41.5 Å². The minimum Gasteiger partial charge on any atom is -0.344 e. The van der Waals surface area contributed by atoms with Crippen molar-refractivity contribution in [1.82, 2.24) is 20.3 Å². The highest BCUT2D eigenvalue weighted by Crippen LogP contribution is 2.32. The molecule has 0 saturated carbocycles. The van der Waals surface area contributed by atoms with Gasteiger partial charge in [-0.05, 0) is 37.3 Å². The Morgan fingerprint density at radius 3 is 2.50 bits per heavy atom. The number of halogens is 4. The third-order valence-corrected chi connectivity index (χ3v) is 6.68. The molecule has 0 aliphatic heterocycles. The first-order valence-corrected chi connectivity index (χ1v) is 12.5. The zero-order valence-electron chi connectivity index (χ0n) is 18.4. The number of carbonyl (C=O) groups excluding carboxylic acids is 1. The Morgan fingerprint density at radius 1 is 1.18 bits per heavy atom. The van der Waals surface area contributed by atoms with E-state index < -0.39 is 33.4 Å². The first-order valence-electron chi connectivity index (χ1n) is 10.1. The topological polar surface area (TPSA) is 97.2 Å². The Bertz CT molecular complexity index is 1320. The normalized spacial score (nSPS) is 14.2. The Hall–Kier alpha value is -3.05. The number of alkyl halides is 3. The molecule has 3 rings (SSSR count). The minimum absolute atomic E-state index is 0.207. The third kappa shape index (κ3) is 6.29. The summed E-state index contributed by atoms with van der Waals surface area (Å²) in [6.07, 6.45) is 1.26. The van der Waals surface area contributed by atoms with Crippen molar-refractivity contribution in [2.24, 2.45) is 4.36 Å². The summed E-state index contributed by atoms with van der Waals surface area (Å²) in [4.78, 5) is 25.6. The van der Waals surface area contributed by atoms with Gasteiger partial charge < -0.3 is 5.32 Å². The highest BCUT2D eigenvalue weighted by Gasteiger charge is 2.32. The van der Waals surface area contributed by atoms with Gasteiger partial charge in [0.2, 0.25) is 0 Å². The van der Waals surface area contributed by atoms with Gasteiger partial charge in [-0.3, -0.25) is 19.7 Å². The molecule has 0 spiro atoms. The van der Waals surface area contributed by atoms with Gasteiger partial charge in [-0.15, -0.1) is 0 Å². The van der Waals surface area contributed by atoms with Crippen molar-refractivity contribution in [3.05, 3.63) is 70.8 Å². The molecule has 0 fully saturated rings. The molecule has 2 heterocycles. The monoisotopic (exact) mass is 511 g/mol. The number of benzene rings is 1. The van der Waals surface area contributed by atoms with Gasteiger partial charge in [0.1, 0.15) is 5.69 Å². The van der Waals surface area contributed by atoms with E-state index in [1.807, 2.05) is 0 Å². The molecule has 0 aliphatic carbocycles. The van der Waals surface area contributed by atoms with Gasteiger partial charge in [-0.25, -0.2) is 4.21 Å². The molecule has 1 unspecified atom stereocenters. The molecule has 1 amide bonds. The van der Waals surface area contributed by atoms with Crippen molar-refractivity contribution in [2.45, 2.75) is 26.1 Å². The number of carbonyl (C=O) groups is 1. The summed E-state index contributed by atoms with van der Waals surface area (Å²) in [6.45, 7) is 3.40. The molecule has 7 nitrogen and oxygen atoms in total. The van der Waals surface area contributed by atoms with E-state index in [1.165, 1.54) is 18.6 Å². The van der Waals surface area contributed by atoms with Gasteiger partial charge in [0.25, 0.3) is 5.91 Å². The summed E-state index contributed by atoms with van der Waals surface area (Å²) in [5, 5.41) is 2.42. The first kappa shape index (κ1) is 25.6. The van der Waals surface area contributed by atoms with Crippen LogP contribution in [0.15, 0.2) is 53.3 Å². The van der Waals surface area contributed by atoms with E-state index in [-0.39, 0.29) is 10.6 Å². The van der Waals surface area contributed by atoms with E-state index in [4.69, 9.17) is 11.6 Å². The van der Waals surface area contributed by atoms with Crippen LogP contribution in [0.2, 0.25) is 5.02 Å². The fourth-order valence-corrected chi connectivity index (χ4v) is 3.88. The number of pyridine rings is 1. The van der Waals surface area contributed by atoms with Gasteiger partial charge in [0.15, 0.2) is 0 Å². The number of nitrogens with zero attached hydrogens (tertiary/aromatic N) is 4. The van der Waals surface area contributed by atoms with E-state index in [9.17, 15) is 22.2 Å². The van der Waals surface area contributed by atoms with Crippen LogP contribution in [0.25, 0.3) is 11.4 Å². The number of rotatable bonds is 6. The van der Waals surface area contributed by atoms with Crippen LogP contribution >= 0.6 is 11.6 Å². The Kier molecular flexibility index (Phi) is 7.57. The molecule has 0 saturated heterocycles. The highest BCUT2D eigenvalue weighted by molar-refractivity contribution is 7.93. The Morgan fingerprint density at radius 2 is 1.88 bits per heavy atom. The molecular weight excluding hydrogens is 491 g/mol. The molecule has 1 aromatic carbocycles. The van der Waals surface area contributed by atoms with E-state index >= 15 is 0 Å². The van der Waals surface area contributed by atoms with Crippen molar-refractivity contribution in [3.63, 3.8) is 0 Å². The summed E-state index contributed by atoms with van der Waals surface area (Å²) >= 11 is 5.78. The standard InChI is InChI=1S/C22H21ClF3N5O2S/c1-4-34(3,33)31-17-5-6-18(29-12-17)20-19(27-7-8-28-20)13(2)30-21(32)14-9-15(22(24,25)26)11-16(23)10-14/h5-13H,4H2,1-3H3,(H,30,32)/t13-,34?/m0/s1. The third-order valence-electron chi connectivity index (χ3n) is 4.80. The second kappa shape index (κ2) is 10.1. The fraction of sp³-hybridized carbons (Fsp3) is 0.273. The number of hydrogen-bond acceptors (Lipinski definition) is 6. The zero-order valence-corrected chi connectivity index (χ0v) is 20.0. The smallest absolute Gasteiger partial charge is 0.344 e. The predicted molar refractivity (Wildman–Crippen MR) is 124 cm³/mol. The van der Waals surface area contributed by atoms with Crippen LogP contribution < -0.4 is 5.32 Å².